The Morgan fingerprint density at radius 1 is 1.00 bits per heavy atom. The maximum atomic E-state index is 12.4. The topological polar surface area (TPSA) is 38.3 Å². The van der Waals surface area contributed by atoms with Crippen molar-refractivity contribution in [2.75, 3.05) is 13.7 Å². The molecule has 0 atom stereocenters. The molecule has 0 saturated carbocycles. The number of hydrogen-bond acceptors (Lipinski definition) is 2. The molecular formula is C22H21NO2. The van der Waals surface area contributed by atoms with Gasteiger partial charge in [0.05, 0.1) is 12.7 Å². The maximum Gasteiger partial charge on any atom is 0.255 e. The normalized spacial score (nSPS) is 11.0. The molecule has 0 bridgehead atoms. The first-order chi connectivity index (χ1) is 12.2. The highest BCUT2D eigenvalue weighted by Gasteiger charge is 2.14. The van der Waals surface area contributed by atoms with E-state index in [2.05, 4.69) is 35.6 Å². The lowest BCUT2D eigenvalue weighted by atomic mass is 10.0. The molecule has 0 heterocycles. The SMILES string of the molecule is CCNC(=O)c1c(/C=C/c2ccc3ccccc3c2)cccc1OC. The van der Waals surface area contributed by atoms with E-state index in [-0.39, 0.29) is 5.91 Å². The highest BCUT2D eigenvalue weighted by atomic mass is 16.5. The van der Waals surface area contributed by atoms with Crippen molar-refractivity contribution in [1.82, 2.24) is 5.32 Å². The zero-order chi connectivity index (χ0) is 17.6. The summed E-state index contributed by atoms with van der Waals surface area (Å²) in [5, 5.41) is 5.25. The minimum absolute atomic E-state index is 0.127. The van der Waals surface area contributed by atoms with Crippen LogP contribution in [0.3, 0.4) is 0 Å². The zero-order valence-corrected chi connectivity index (χ0v) is 14.5. The van der Waals surface area contributed by atoms with Crippen molar-refractivity contribution < 1.29 is 9.53 Å². The molecule has 1 amide bonds. The van der Waals surface area contributed by atoms with Gasteiger partial charge in [-0.25, -0.2) is 0 Å². The van der Waals surface area contributed by atoms with Gasteiger partial charge in [-0.3, -0.25) is 4.79 Å². The van der Waals surface area contributed by atoms with Crippen molar-refractivity contribution in [3.05, 3.63) is 77.4 Å². The van der Waals surface area contributed by atoms with Crippen LogP contribution >= 0.6 is 0 Å². The molecule has 0 radical (unpaired) electrons. The second kappa shape index (κ2) is 7.67. The Labute approximate surface area is 147 Å². The molecule has 0 aliphatic rings. The molecule has 25 heavy (non-hydrogen) atoms. The number of fused-ring (bicyclic) bond motifs is 1. The van der Waals surface area contributed by atoms with Gasteiger partial charge in [-0.15, -0.1) is 0 Å². The molecule has 0 aliphatic carbocycles. The van der Waals surface area contributed by atoms with Crippen molar-refractivity contribution in [3.8, 4) is 5.75 Å². The molecule has 0 saturated heterocycles. The standard InChI is InChI=1S/C22H21NO2/c1-3-23-22(24)21-18(9-6-10-20(21)25-2)14-12-16-11-13-17-7-4-5-8-19(17)15-16/h4-15H,3H2,1-2H3,(H,23,24)/b14-12+. The summed E-state index contributed by atoms with van der Waals surface area (Å²) in [6.45, 7) is 2.47. The van der Waals surface area contributed by atoms with E-state index < -0.39 is 0 Å². The van der Waals surface area contributed by atoms with Crippen LogP contribution in [-0.2, 0) is 0 Å². The van der Waals surface area contributed by atoms with Gasteiger partial charge in [-0.05, 0) is 41.0 Å². The zero-order valence-electron chi connectivity index (χ0n) is 14.5. The van der Waals surface area contributed by atoms with Crippen LogP contribution in [0.15, 0.2) is 60.7 Å². The molecule has 0 aromatic heterocycles. The molecule has 3 aromatic carbocycles. The van der Waals surface area contributed by atoms with Crippen molar-refractivity contribution in [1.29, 1.82) is 0 Å². The summed E-state index contributed by atoms with van der Waals surface area (Å²) in [5.41, 5.74) is 2.48. The summed E-state index contributed by atoms with van der Waals surface area (Å²) in [7, 11) is 1.58. The number of hydrogen-bond donors (Lipinski definition) is 1. The summed E-state index contributed by atoms with van der Waals surface area (Å²) < 4.78 is 5.37. The second-order valence-electron chi connectivity index (χ2n) is 5.72. The Morgan fingerprint density at radius 2 is 1.80 bits per heavy atom. The fourth-order valence-electron chi connectivity index (χ4n) is 2.85. The molecule has 0 spiro atoms. The summed E-state index contributed by atoms with van der Waals surface area (Å²) in [6, 6.07) is 20.2. The summed E-state index contributed by atoms with van der Waals surface area (Å²) in [6.07, 6.45) is 3.97. The largest absolute Gasteiger partial charge is 0.496 e. The average Bonchev–Trinajstić information content (AvgIpc) is 2.66. The smallest absolute Gasteiger partial charge is 0.255 e. The lowest BCUT2D eigenvalue weighted by molar-refractivity contribution is 0.0952. The van der Waals surface area contributed by atoms with E-state index in [1.54, 1.807) is 13.2 Å². The maximum absolute atomic E-state index is 12.4. The van der Waals surface area contributed by atoms with Crippen LogP contribution in [0, 0.1) is 0 Å². The molecule has 0 fully saturated rings. The van der Waals surface area contributed by atoms with E-state index in [4.69, 9.17) is 4.74 Å². The number of rotatable bonds is 5. The van der Waals surface area contributed by atoms with E-state index in [0.717, 1.165) is 11.1 Å². The predicted molar refractivity (Wildman–Crippen MR) is 104 cm³/mol. The molecule has 3 aromatic rings. The molecule has 3 rings (SSSR count). The molecule has 0 unspecified atom stereocenters. The van der Waals surface area contributed by atoms with Gasteiger partial charge in [-0.1, -0.05) is 60.7 Å². The van der Waals surface area contributed by atoms with E-state index >= 15 is 0 Å². The number of methoxy groups -OCH3 is 1. The quantitative estimate of drug-likeness (QED) is 0.684. The van der Waals surface area contributed by atoms with Gasteiger partial charge in [0.15, 0.2) is 0 Å². The van der Waals surface area contributed by atoms with Crippen LogP contribution in [0.25, 0.3) is 22.9 Å². The predicted octanol–water partition coefficient (Wildman–Crippen LogP) is 4.77. The fourth-order valence-corrected chi connectivity index (χ4v) is 2.85. The minimum atomic E-state index is -0.127. The molecule has 3 heteroatoms. The first-order valence-electron chi connectivity index (χ1n) is 8.35. The lowest BCUT2D eigenvalue weighted by Gasteiger charge is -2.11. The number of ether oxygens (including phenoxy) is 1. The third-order valence-corrected chi connectivity index (χ3v) is 4.07. The Hall–Kier alpha value is -3.07. The van der Waals surface area contributed by atoms with Gasteiger partial charge in [0.25, 0.3) is 5.91 Å². The van der Waals surface area contributed by atoms with E-state index in [0.29, 0.717) is 17.9 Å². The molecule has 126 valence electrons. The summed E-state index contributed by atoms with van der Waals surface area (Å²) in [5.74, 6) is 0.449. The number of carbonyl (C=O) groups excluding carboxylic acids is 1. The number of amides is 1. The summed E-state index contributed by atoms with van der Waals surface area (Å²) in [4.78, 5) is 12.4. The van der Waals surface area contributed by atoms with Crippen molar-refractivity contribution in [2.45, 2.75) is 6.92 Å². The van der Waals surface area contributed by atoms with Crippen LogP contribution in [0.2, 0.25) is 0 Å². The number of carbonyl (C=O) groups is 1. The minimum Gasteiger partial charge on any atom is -0.496 e. The first-order valence-corrected chi connectivity index (χ1v) is 8.35. The van der Waals surface area contributed by atoms with Crippen molar-refractivity contribution in [2.24, 2.45) is 0 Å². The molecule has 1 N–H and O–H groups in total. The van der Waals surface area contributed by atoms with Gasteiger partial charge < -0.3 is 10.1 Å². The summed E-state index contributed by atoms with van der Waals surface area (Å²) >= 11 is 0. The fraction of sp³-hybridized carbons (Fsp3) is 0.136. The third kappa shape index (κ3) is 3.72. The van der Waals surface area contributed by atoms with Crippen molar-refractivity contribution >= 4 is 28.8 Å². The third-order valence-electron chi connectivity index (χ3n) is 4.07. The molecule has 0 aliphatic heterocycles. The van der Waals surface area contributed by atoms with Crippen LogP contribution in [-0.4, -0.2) is 19.6 Å². The second-order valence-corrected chi connectivity index (χ2v) is 5.72. The van der Waals surface area contributed by atoms with Crippen LogP contribution in [0.5, 0.6) is 5.75 Å². The molecular weight excluding hydrogens is 310 g/mol. The lowest BCUT2D eigenvalue weighted by Crippen LogP contribution is -2.24. The van der Waals surface area contributed by atoms with Gasteiger partial charge >= 0.3 is 0 Å². The molecule has 3 nitrogen and oxygen atoms in total. The first kappa shape index (κ1) is 16.8. The Kier molecular flexibility index (Phi) is 5.14. The average molecular weight is 331 g/mol. The van der Waals surface area contributed by atoms with E-state index in [9.17, 15) is 4.79 Å². The Balaban J connectivity index is 1.98. The van der Waals surface area contributed by atoms with Crippen LogP contribution in [0.1, 0.15) is 28.4 Å². The number of benzene rings is 3. The van der Waals surface area contributed by atoms with Crippen molar-refractivity contribution in [3.63, 3.8) is 0 Å². The van der Waals surface area contributed by atoms with Gasteiger partial charge in [0, 0.05) is 6.54 Å². The van der Waals surface area contributed by atoms with Gasteiger partial charge in [-0.2, -0.15) is 0 Å². The Morgan fingerprint density at radius 3 is 2.56 bits per heavy atom. The highest BCUT2D eigenvalue weighted by Crippen LogP contribution is 2.24. The number of nitrogens with one attached hydrogen (secondary N) is 1. The Bertz CT molecular complexity index is 928. The van der Waals surface area contributed by atoms with Crippen LogP contribution in [0.4, 0.5) is 0 Å². The van der Waals surface area contributed by atoms with Crippen LogP contribution < -0.4 is 10.1 Å². The monoisotopic (exact) mass is 331 g/mol. The highest BCUT2D eigenvalue weighted by molar-refractivity contribution is 6.01. The van der Waals surface area contributed by atoms with Gasteiger partial charge in [0.2, 0.25) is 0 Å². The van der Waals surface area contributed by atoms with E-state index in [1.807, 2.05) is 43.3 Å². The van der Waals surface area contributed by atoms with E-state index in [1.165, 1.54) is 10.8 Å². The van der Waals surface area contributed by atoms with Gasteiger partial charge in [0.1, 0.15) is 5.75 Å².